The Morgan fingerprint density at radius 2 is 1.72 bits per heavy atom. The molecule has 2 aromatic carbocycles. The summed E-state index contributed by atoms with van der Waals surface area (Å²) in [6.45, 7) is 0. The number of carbonyl (C=O) groups is 2. The van der Waals surface area contributed by atoms with Crippen molar-refractivity contribution in [2.24, 2.45) is 0 Å². The third kappa shape index (κ3) is 5.33. The minimum absolute atomic E-state index is 0.255. The molecule has 2 N–H and O–H groups in total. The molecule has 0 amide bonds. The SMILES string of the molecule is COc1ccc2c(c1)nc(/C=C/c1ccc(F)cc1)n2-c1ccccn1.O=C(O)C(=O)O. The molecule has 0 aliphatic heterocycles. The number of carboxylic acids is 2. The van der Waals surface area contributed by atoms with Crippen molar-refractivity contribution in [3.8, 4) is 11.6 Å². The Morgan fingerprint density at radius 3 is 2.31 bits per heavy atom. The van der Waals surface area contributed by atoms with Crippen LogP contribution in [0.25, 0.3) is 29.0 Å². The molecule has 0 saturated heterocycles. The fourth-order valence-corrected chi connectivity index (χ4v) is 2.79. The number of ether oxygens (including phenoxy) is 1. The number of aliphatic carboxylic acids is 2. The van der Waals surface area contributed by atoms with Gasteiger partial charge in [-0.2, -0.15) is 0 Å². The van der Waals surface area contributed by atoms with Gasteiger partial charge in [0, 0.05) is 12.3 Å². The quantitative estimate of drug-likeness (QED) is 0.467. The van der Waals surface area contributed by atoms with Gasteiger partial charge in [-0.15, -0.1) is 0 Å². The maximum atomic E-state index is 13.1. The van der Waals surface area contributed by atoms with Crippen LogP contribution in [0.5, 0.6) is 5.75 Å². The molecule has 0 unspecified atom stereocenters. The molecule has 32 heavy (non-hydrogen) atoms. The lowest BCUT2D eigenvalue weighted by molar-refractivity contribution is -0.159. The summed E-state index contributed by atoms with van der Waals surface area (Å²) in [5.41, 5.74) is 2.64. The second-order valence-electron chi connectivity index (χ2n) is 6.34. The van der Waals surface area contributed by atoms with E-state index in [1.165, 1.54) is 12.1 Å². The van der Waals surface area contributed by atoms with Crippen molar-refractivity contribution < 1.29 is 28.9 Å². The van der Waals surface area contributed by atoms with Gasteiger partial charge in [0.1, 0.15) is 23.2 Å². The zero-order valence-electron chi connectivity index (χ0n) is 16.8. The van der Waals surface area contributed by atoms with Crippen molar-refractivity contribution in [2.75, 3.05) is 7.11 Å². The topological polar surface area (TPSA) is 115 Å². The van der Waals surface area contributed by atoms with Gasteiger partial charge in [-0.05, 0) is 48.0 Å². The molecule has 4 rings (SSSR count). The predicted molar refractivity (Wildman–Crippen MR) is 116 cm³/mol. The average molecular weight is 435 g/mol. The van der Waals surface area contributed by atoms with E-state index in [1.807, 2.05) is 53.1 Å². The van der Waals surface area contributed by atoms with Crippen molar-refractivity contribution >= 4 is 35.1 Å². The van der Waals surface area contributed by atoms with E-state index in [4.69, 9.17) is 29.5 Å². The second-order valence-corrected chi connectivity index (χ2v) is 6.34. The van der Waals surface area contributed by atoms with Crippen molar-refractivity contribution in [3.63, 3.8) is 0 Å². The third-order valence-corrected chi connectivity index (χ3v) is 4.24. The molecule has 0 radical (unpaired) electrons. The molecular formula is C23H18FN3O5. The Kier molecular flexibility index (Phi) is 6.92. The van der Waals surface area contributed by atoms with E-state index in [0.717, 1.165) is 34.0 Å². The molecule has 9 heteroatoms. The summed E-state index contributed by atoms with van der Waals surface area (Å²) in [5, 5.41) is 14.8. The van der Waals surface area contributed by atoms with Gasteiger partial charge in [0.15, 0.2) is 0 Å². The van der Waals surface area contributed by atoms with E-state index in [2.05, 4.69) is 4.98 Å². The van der Waals surface area contributed by atoms with Crippen LogP contribution >= 0.6 is 0 Å². The standard InChI is InChI=1S/C21H16FN3O.C2H2O4/c1-26-17-10-11-19-18(14-17)24-21(25(19)20-4-2-3-13-23-20)12-7-15-5-8-16(22)9-6-15;3-1(4)2(5)6/h2-14H,1H3;(H,3,4)(H,5,6)/b12-7+;. The maximum absolute atomic E-state index is 13.1. The monoisotopic (exact) mass is 435 g/mol. The lowest BCUT2D eigenvalue weighted by atomic mass is 10.2. The smallest absolute Gasteiger partial charge is 0.414 e. The van der Waals surface area contributed by atoms with Crippen LogP contribution in [-0.4, -0.2) is 43.8 Å². The third-order valence-electron chi connectivity index (χ3n) is 4.24. The molecule has 0 fully saturated rings. The number of aromatic nitrogens is 3. The Balaban J connectivity index is 0.000000427. The molecule has 4 aromatic rings. The highest BCUT2D eigenvalue weighted by atomic mass is 19.1. The first kappa shape index (κ1) is 22.2. The fraction of sp³-hybridized carbons (Fsp3) is 0.0435. The van der Waals surface area contributed by atoms with Gasteiger partial charge in [0.25, 0.3) is 0 Å². The predicted octanol–water partition coefficient (Wildman–Crippen LogP) is 3.89. The van der Waals surface area contributed by atoms with Gasteiger partial charge >= 0.3 is 11.9 Å². The number of methoxy groups -OCH3 is 1. The maximum Gasteiger partial charge on any atom is 0.414 e. The van der Waals surface area contributed by atoms with Crippen molar-refractivity contribution in [1.82, 2.24) is 14.5 Å². The first-order valence-electron chi connectivity index (χ1n) is 9.27. The number of halogens is 1. The van der Waals surface area contributed by atoms with E-state index >= 15 is 0 Å². The van der Waals surface area contributed by atoms with Gasteiger partial charge in [0.2, 0.25) is 0 Å². The summed E-state index contributed by atoms with van der Waals surface area (Å²) in [6.07, 6.45) is 5.55. The zero-order chi connectivity index (χ0) is 23.1. The summed E-state index contributed by atoms with van der Waals surface area (Å²) in [5.74, 6) is -1.65. The summed E-state index contributed by atoms with van der Waals surface area (Å²) in [6, 6.07) is 17.8. The molecule has 8 nitrogen and oxygen atoms in total. The molecule has 0 aliphatic rings. The van der Waals surface area contributed by atoms with Gasteiger partial charge < -0.3 is 14.9 Å². The summed E-state index contributed by atoms with van der Waals surface area (Å²) < 4.78 is 20.4. The number of hydrogen-bond acceptors (Lipinski definition) is 5. The largest absolute Gasteiger partial charge is 0.497 e. The van der Waals surface area contributed by atoms with Gasteiger partial charge in [-0.1, -0.05) is 24.3 Å². The van der Waals surface area contributed by atoms with Crippen LogP contribution in [0.3, 0.4) is 0 Å². The number of nitrogens with zero attached hydrogens (tertiary/aromatic N) is 3. The number of benzene rings is 2. The van der Waals surface area contributed by atoms with Gasteiger partial charge in [-0.3, -0.25) is 4.57 Å². The van der Waals surface area contributed by atoms with Crippen LogP contribution in [0.1, 0.15) is 11.4 Å². The molecule has 0 atom stereocenters. The molecule has 0 spiro atoms. The Hall–Kier alpha value is -4.53. The zero-order valence-corrected chi connectivity index (χ0v) is 16.8. The number of rotatable bonds is 4. The van der Waals surface area contributed by atoms with Crippen LogP contribution in [0, 0.1) is 5.82 Å². The average Bonchev–Trinajstić information content (AvgIpc) is 3.17. The van der Waals surface area contributed by atoms with Gasteiger partial charge in [-0.25, -0.2) is 23.9 Å². The minimum atomic E-state index is -1.82. The van der Waals surface area contributed by atoms with Crippen molar-refractivity contribution in [1.29, 1.82) is 0 Å². The van der Waals surface area contributed by atoms with Crippen LogP contribution in [0.2, 0.25) is 0 Å². The van der Waals surface area contributed by atoms with Crippen LogP contribution in [0.4, 0.5) is 4.39 Å². The van der Waals surface area contributed by atoms with Crippen LogP contribution in [-0.2, 0) is 9.59 Å². The Morgan fingerprint density at radius 1 is 1.00 bits per heavy atom. The summed E-state index contributed by atoms with van der Waals surface area (Å²) >= 11 is 0. The summed E-state index contributed by atoms with van der Waals surface area (Å²) in [7, 11) is 1.63. The van der Waals surface area contributed by atoms with E-state index < -0.39 is 11.9 Å². The lowest BCUT2D eigenvalue weighted by Crippen LogP contribution is -2.09. The highest BCUT2D eigenvalue weighted by Gasteiger charge is 2.12. The molecule has 0 saturated carbocycles. The highest BCUT2D eigenvalue weighted by molar-refractivity contribution is 6.27. The van der Waals surface area contributed by atoms with Crippen LogP contribution in [0.15, 0.2) is 66.9 Å². The van der Waals surface area contributed by atoms with Crippen LogP contribution < -0.4 is 4.74 Å². The van der Waals surface area contributed by atoms with E-state index in [1.54, 1.807) is 25.4 Å². The molecule has 162 valence electrons. The molecular weight excluding hydrogens is 417 g/mol. The van der Waals surface area contributed by atoms with E-state index in [0.29, 0.717) is 0 Å². The van der Waals surface area contributed by atoms with Crippen molar-refractivity contribution in [3.05, 3.63) is 84.1 Å². The van der Waals surface area contributed by atoms with E-state index in [-0.39, 0.29) is 5.82 Å². The molecule has 0 aliphatic carbocycles. The van der Waals surface area contributed by atoms with Gasteiger partial charge in [0.05, 0.1) is 18.1 Å². The number of carboxylic acid groups (broad SMARTS) is 2. The summed E-state index contributed by atoms with van der Waals surface area (Å²) in [4.78, 5) is 27.4. The molecule has 2 aromatic heterocycles. The number of imidazole rings is 1. The number of fused-ring (bicyclic) bond motifs is 1. The number of pyridine rings is 1. The Labute approximate surface area is 181 Å². The second kappa shape index (κ2) is 9.98. The van der Waals surface area contributed by atoms with Crippen molar-refractivity contribution in [2.45, 2.75) is 0 Å². The highest BCUT2D eigenvalue weighted by Crippen LogP contribution is 2.25. The first-order chi connectivity index (χ1) is 15.4. The molecule has 0 bridgehead atoms. The molecule has 2 heterocycles. The fourth-order valence-electron chi connectivity index (χ4n) is 2.79. The Bertz CT molecular complexity index is 1260. The lowest BCUT2D eigenvalue weighted by Gasteiger charge is -2.06. The minimum Gasteiger partial charge on any atom is -0.497 e. The first-order valence-corrected chi connectivity index (χ1v) is 9.27. The van der Waals surface area contributed by atoms with E-state index in [9.17, 15) is 4.39 Å². The number of hydrogen-bond donors (Lipinski definition) is 2. The normalized spacial score (nSPS) is 10.6.